The van der Waals surface area contributed by atoms with Gasteiger partial charge in [0, 0.05) is 28.2 Å². The van der Waals surface area contributed by atoms with Crippen LogP contribution in [0.2, 0.25) is 0 Å². The highest BCUT2D eigenvalue weighted by molar-refractivity contribution is 6.98. The molecule has 2 aliphatic rings. The number of anilines is 6. The number of para-hydroxylation sites is 6. The summed E-state index contributed by atoms with van der Waals surface area (Å²) in [6.45, 7) is -0.0876. The van der Waals surface area contributed by atoms with Gasteiger partial charge in [0.25, 0.3) is 6.71 Å². The zero-order valence-electron chi connectivity index (χ0n) is 25.5. The lowest BCUT2D eigenvalue weighted by Crippen LogP contribution is -2.57. The average Bonchev–Trinajstić information content (AvgIpc) is 3.15. The zero-order chi connectivity index (χ0) is 31.2. The van der Waals surface area contributed by atoms with Gasteiger partial charge in [-0.05, 0) is 77.7 Å². The molecule has 0 aromatic heterocycles. The summed E-state index contributed by atoms with van der Waals surface area (Å²) in [5.74, 6) is 3.28. The monoisotopic (exact) mass is 604 g/mol. The van der Waals surface area contributed by atoms with Gasteiger partial charge in [0.15, 0.2) is 11.5 Å². The van der Waals surface area contributed by atoms with Gasteiger partial charge in [0.1, 0.15) is 11.5 Å². The Morgan fingerprint density at radius 1 is 0.362 bits per heavy atom. The number of benzene rings is 7. The van der Waals surface area contributed by atoms with Gasteiger partial charge in [-0.2, -0.15) is 0 Å². The SMILES string of the molecule is c1ccc(N(c2ccccc2)c2cc(N(c3ccccc3)c3ccccc3)c3c4c2Oc2ccccc2B4c2ccccc2O3)cc1. The Kier molecular flexibility index (Phi) is 6.53. The van der Waals surface area contributed by atoms with E-state index in [1.54, 1.807) is 0 Å². The summed E-state index contributed by atoms with van der Waals surface area (Å²) in [5.41, 5.74) is 9.24. The van der Waals surface area contributed by atoms with Crippen LogP contribution in [0.25, 0.3) is 0 Å². The van der Waals surface area contributed by atoms with E-state index in [2.05, 4.69) is 174 Å². The number of fused-ring (bicyclic) bond motifs is 4. The molecule has 47 heavy (non-hydrogen) atoms. The van der Waals surface area contributed by atoms with Crippen LogP contribution in [-0.2, 0) is 0 Å². The Morgan fingerprint density at radius 2 is 0.681 bits per heavy atom. The molecule has 0 amide bonds. The molecule has 9 rings (SSSR count). The van der Waals surface area contributed by atoms with Gasteiger partial charge in [0.05, 0.1) is 11.4 Å². The number of hydrogen-bond donors (Lipinski definition) is 0. The van der Waals surface area contributed by atoms with Crippen molar-refractivity contribution in [3.8, 4) is 23.0 Å². The first kappa shape index (κ1) is 27.1. The van der Waals surface area contributed by atoms with Gasteiger partial charge in [-0.3, -0.25) is 0 Å². The lowest BCUT2D eigenvalue weighted by atomic mass is 9.34. The molecule has 0 radical (unpaired) electrons. The number of nitrogens with zero attached hydrogens (tertiary/aromatic N) is 2. The van der Waals surface area contributed by atoms with E-state index in [-0.39, 0.29) is 6.71 Å². The molecule has 222 valence electrons. The lowest BCUT2D eigenvalue weighted by Gasteiger charge is -2.39. The van der Waals surface area contributed by atoms with E-state index in [1.165, 1.54) is 0 Å². The molecule has 2 aliphatic heterocycles. The van der Waals surface area contributed by atoms with Gasteiger partial charge in [0.2, 0.25) is 0 Å². The van der Waals surface area contributed by atoms with Crippen molar-refractivity contribution in [2.45, 2.75) is 0 Å². The molecule has 0 saturated heterocycles. The highest BCUT2D eigenvalue weighted by Gasteiger charge is 2.44. The van der Waals surface area contributed by atoms with Crippen LogP contribution in [0.5, 0.6) is 23.0 Å². The molecule has 7 aromatic carbocycles. The van der Waals surface area contributed by atoms with E-state index in [1.807, 2.05) is 12.1 Å². The molecule has 0 bridgehead atoms. The summed E-state index contributed by atoms with van der Waals surface area (Å²) < 4.78 is 14.0. The molecule has 0 atom stereocenters. The maximum absolute atomic E-state index is 7.00. The van der Waals surface area contributed by atoms with Crippen molar-refractivity contribution in [1.29, 1.82) is 0 Å². The second-order valence-electron chi connectivity index (χ2n) is 11.7. The molecule has 0 spiro atoms. The summed E-state index contributed by atoms with van der Waals surface area (Å²) >= 11 is 0. The molecule has 0 saturated carbocycles. The van der Waals surface area contributed by atoms with E-state index in [9.17, 15) is 0 Å². The number of hydrogen-bond acceptors (Lipinski definition) is 4. The third-order valence-corrected chi connectivity index (χ3v) is 8.94. The van der Waals surface area contributed by atoms with Crippen LogP contribution in [-0.4, -0.2) is 6.71 Å². The first-order valence-electron chi connectivity index (χ1n) is 15.9. The summed E-state index contributed by atoms with van der Waals surface area (Å²) in [6, 6.07) is 61.0. The van der Waals surface area contributed by atoms with E-state index < -0.39 is 0 Å². The van der Waals surface area contributed by atoms with Gasteiger partial charge in [-0.15, -0.1) is 0 Å². The Hall–Kier alpha value is -6.20. The normalized spacial score (nSPS) is 12.1. The second-order valence-corrected chi connectivity index (χ2v) is 11.7. The molecule has 0 unspecified atom stereocenters. The van der Waals surface area contributed by atoms with Crippen molar-refractivity contribution in [3.63, 3.8) is 0 Å². The summed E-state index contributed by atoms with van der Waals surface area (Å²) in [5, 5.41) is 0. The van der Waals surface area contributed by atoms with Crippen LogP contribution < -0.4 is 35.7 Å². The zero-order valence-corrected chi connectivity index (χ0v) is 25.5. The fraction of sp³-hybridized carbons (Fsp3) is 0. The summed E-state index contributed by atoms with van der Waals surface area (Å²) in [7, 11) is 0. The Balaban J connectivity index is 1.42. The molecular weight excluding hydrogens is 575 g/mol. The van der Waals surface area contributed by atoms with Gasteiger partial charge >= 0.3 is 0 Å². The maximum atomic E-state index is 7.00. The van der Waals surface area contributed by atoms with Crippen LogP contribution in [0.15, 0.2) is 176 Å². The summed E-state index contributed by atoms with van der Waals surface area (Å²) in [6.07, 6.45) is 0. The summed E-state index contributed by atoms with van der Waals surface area (Å²) in [4.78, 5) is 4.58. The van der Waals surface area contributed by atoms with Crippen molar-refractivity contribution < 1.29 is 9.47 Å². The van der Waals surface area contributed by atoms with Crippen LogP contribution in [0.4, 0.5) is 34.1 Å². The molecular formula is C42H29BN2O2. The third kappa shape index (κ3) is 4.55. The average molecular weight is 605 g/mol. The Labute approximate surface area is 274 Å². The predicted molar refractivity (Wildman–Crippen MR) is 193 cm³/mol. The minimum Gasteiger partial charge on any atom is -0.456 e. The Bertz CT molecular complexity index is 1980. The Morgan fingerprint density at radius 3 is 1.04 bits per heavy atom. The fourth-order valence-electron chi connectivity index (χ4n) is 6.93. The number of rotatable bonds is 6. The third-order valence-electron chi connectivity index (χ3n) is 8.94. The van der Waals surface area contributed by atoms with E-state index in [0.717, 1.165) is 73.5 Å². The van der Waals surface area contributed by atoms with Gasteiger partial charge in [-0.1, -0.05) is 109 Å². The van der Waals surface area contributed by atoms with Crippen LogP contribution in [0.3, 0.4) is 0 Å². The van der Waals surface area contributed by atoms with Crippen molar-refractivity contribution in [2.24, 2.45) is 0 Å². The van der Waals surface area contributed by atoms with Crippen LogP contribution in [0.1, 0.15) is 0 Å². The first-order chi connectivity index (χ1) is 23.3. The standard InChI is InChI=1S/C42H29BN2O2/c1-5-17-30(18-6-1)44(31-19-7-2-8-20-31)36-29-37(45(32-21-9-3-10-22-32)33-23-11-4-12-24-33)42-40-41(36)46-38-27-15-13-25-34(38)43(40)35-26-14-16-28-39(35)47-42/h1-29H. The molecule has 0 fully saturated rings. The molecule has 0 N–H and O–H groups in total. The van der Waals surface area contributed by atoms with E-state index in [4.69, 9.17) is 9.47 Å². The van der Waals surface area contributed by atoms with E-state index >= 15 is 0 Å². The van der Waals surface area contributed by atoms with Gasteiger partial charge < -0.3 is 19.3 Å². The molecule has 0 aliphatic carbocycles. The maximum Gasteiger partial charge on any atom is 0.260 e. The highest BCUT2D eigenvalue weighted by Crippen LogP contribution is 2.51. The van der Waals surface area contributed by atoms with Crippen molar-refractivity contribution in [1.82, 2.24) is 0 Å². The minimum absolute atomic E-state index is 0.0876. The quantitative estimate of drug-likeness (QED) is 0.177. The topological polar surface area (TPSA) is 24.9 Å². The smallest absolute Gasteiger partial charge is 0.260 e. The van der Waals surface area contributed by atoms with Crippen molar-refractivity contribution >= 4 is 57.2 Å². The first-order valence-corrected chi connectivity index (χ1v) is 15.9. The van der Waals surface area contributed by atoms with E-state index in [0.29, 0.717) is 0 Å². The fourth-order valence-corrected chi connectivity index (χ4v) is 6.93. The number of ether oxygens (including phenoxy) is 2. The van der Waals surface area contributed by atoms with Crippen molar-refractivity contribution in [3.05, 3.63) is 176 Å². The largest absolute Gasteiger partial charge is 0.456 e. The second kappa shape index (κ2) is 11.3. The van der Waals surface area contributed by atoms with Crippen LogP contribution >= 0.6 is 0 Å². The van der Waals surface area contributed by atoms with Crippen molar-refractivity contribution in [2.75, 3.05) is 9.80 Å². The lowest BCUT2D eigenvalue weighted by molar-refractivity contribution is 0.466. The van der Waals surface area contributed by atoms with Crippen LogP contribution in [0, 0.1) is 0 Å². The molecule has 4 nitrogen and oxygen atoms in total. The van der Waals surface area contributed by atoms with Gasteiger partial charge in [-0.25, -0.2) is 0 Å². The predicted octanol–water partition coefficient (Wildman–Crippen LogP) is 9.35. The highest BCUT2D eigenvalue weighted by atomic mass is 16.5. The molecule has 7 aromatic rings. The molecule has 2 heterocycles. The molecule has 5 heteroatoms. The minimum atomic E-state index is -0.0876.